The maximum absolute atomic E-state index is 5.53. The molecular formula is C20H35IN4O2S. The van der Waals surface area contributed by atoms with Gasteiger partial charge in [0.1, 0.15) is 5.75 Å². The number of halogens is 1. The Morgan fingerprint density at radius 2 is 1.93 bits per heavy atom. The van der Waals surface area contributed by atoms with Gasteiger partial charge in [0, 0.05) is 33.2 Å². The number of rotatable bonds is 10. The van der Waals surface area contributed by atoms with E-state index >= 15 is 0 Å². The molecule has 8 heteroatoms. The first kappa shape index (κ1) is 25.3. The van der Waals surface area contributed by atoms with Gasteiger partial charge in [-0.2, -0.15) is 11.8 Å². The summed E-state index contributed by atoms with van der Waals surface area (Å²) in [5.41, 5.74) is 1.28. The number of hydrogen-bond acceptors (Lipinski definition) is 5. The molecule has 0 spiro atoms. The molecule has 0 radical (unpaired) electrons. The highest BCUT2D eigenvalue weighted by Crippen LogP contribution is 2.23. The Hall–Kier alpha value is -0.710. The molecule has 0 aromatic heterocycles. The van der Waals surface area contributed by atoms with Crippen molar-refractivity contribution in [3.63, 3.8) is 0 Å². The van der Waals surface area contributed by atoms with Crippen LogP contribution in [0.1, 0.15) is 24.4 Å². The minimum absolute atomic E-state index is 0. The number of unbranched alkanes of at least 4 members (excludes halogenated alkanes) is 1. The van der Waals surface area contributed by atoms with E-state index in [9.17, 15) is 0 Å². The van der Waals surface area contributed by atoms with Gasteiger partial charge >= 0.3 is 0 Å². The third-order valence-corrected chi connectivity index (χ3v) is 5.44. The highest BCUT2D eigenvalue weighted by molar-refractivity contribution is 14.0. The molecule has 2 N–H and O–H groups in total. The second kappa shape index (κ2) is 15.2. The van der Waals surface area contributed by atoms with E-state index in [2.05, 4.69) is 38.9 Å². The zero-order valence-corrected chi connectivity index (χ0v) is 20.4. The summed E-state index contributed by atoms with van der Waals surface area (Å²) >= 11 is 1.90. The molecular weight excluding hydrogens is 487 g/mol. The molecule has 1 fully saturated rings. The fourth-order valence-corrected chi connectivity index (χ4v) is 3.66. The second-order valence-corrected chi connectivity index (χ2v) is 7.50. The average Bonchev–Trinajstić information content (AvgIpc) is 2.73. The van der Waals surface area contributed by atoms with Gasteiger partial charge in [0.05, 0.1) is 26.4 Å². The summed E-state index contributed by atoms with van der Waals surface area (Å²) in [5.74, 6) is 2.96. The summed E-state index contributed by atoms with van der Waals surface area (Å²) in [6.45, 7) is 5.21. The van der Waals surface area contributed by atoms with Crippen LogP contribution in [-0.4, -0.2) is 76.4 Å². The van der Waals surface area contributed by atoms with Crippen molar-refractivity contribution in [1.29, 1.82) is 0 Å². The number of nitrogens with one attached hydrogen (secondary N) is 2. The predicted molar refractivity (Wildman–Crippen MR) is 131 cm³/mol. The van der Waals surface area contributed by atoms with Crippen molar-refractivity contribution in [2.45, 2.75) is 18.9 Å². The molecule has 28 heavy (non-hydrogen) atoms. The first-order chi connectivity index (χ1) is 13.3. The molecule has 0 aliphatic carbocycles. The van der Waals surface area contributed by atoms with E-state index in [1.807, 2.05) is 30.9 Å². The maximum atomic E-state index is 5.53. The number of methoxy groups -OCH3 is 1. The van der Waals surface area contributed by atoms with Crippen LogP contribution >= 0.6 is 35.7 Å². The summed E-state index contributed by atoms with van der Waals surface area (Å²) in [7, 11) is 3.53. The number of nitrogens with zero attached hydrogens (tertiary/aromatic N) is 2. The molecule has 1 aromatic rings. The quantitative estimate of drug-likeness (QED) is 0.213. The van der Waals surface area contributed by atoms with Gasteiger partial charge in [-0.25, -0.2) is 0 Å². The zero-order chi connectivity index (χ0) is 19.3. The summed E-state index contributed by atoms with van der Waals surface area (Å²) in [5, 5.41) is 6.93. The van der Waals surface area contributed by atoms with E-state index in [0.717, 1.165) is 57.5 Å². The summed E-state index contributed by atoms with van der Waals surface area (Å²) in [6, 6.07) is 8.64. The average molecular weight is 522 g/mol. The fourth-order valence-electron chi connectivity index (χ4n) is 3.17. The molecule has 0 saturated carbocycles. The Morgan fingerprint density at radius 3 is 2.54 bits per heavy atom. The highest BCUT2D eigenvalue weighted by Gasteiger charge is 2.23. The fraction of sp³-hybridized carbons (Fsp3) is 0.650. The van der Waals surface area contributed by atoms with Crippen LogP contribution < -0.4 is 15.4 Å². The topological polar surface area (TPSA) is 58.1 Å². The monoisotopic (exact) mass is 522 g/mol. The first-order valence-electron chi connectivity index (χ1n) is 9.67. The van der Waals surface area contributed by atoms with Crippen LogP contribution in [-0.2, 0) is 4.74 Å². The smallest absolute Gasteiger partial charge is 0.191 e. The molecule has 1 aliphatic heterocycles. The van der Waals surface area contributed by atoms with Crippen LogP contribution in [0.2, 0.25) is 0 Å². The van der Waals surface area contributed by atoms with E-state index in [1.54, 1.807) is 7.11 Å². The van der Waals surface area contributed by atoms with Crippen LogP contribution in [0.4, 0.5) is 0 Å². The lowest BCUT2D eigenvalue weighted by molar-refractivity contribution is 0.0170. The van der Waals surface area contributed by atoms with Crippen LogP contribution in [0.5, 0.6) is 5.75 Å². The van der Waals surface area contributed by atoms with Gasteiger partial charge in [0.15, 0.2) is 5.96 Å². The maximum Gasteiger partial charge on any atom is 0.191 e. The van der Waals surface area contributed by atoms with Crippen LogP contribution in [0.3, 0.4) is 0 Å². The van der Waals surface area contributed by atoms with Gasteiger partial charge in [0.25, 0.3) is 0 Å². The molecule has 0 amide bonds. The Bertz CT molecular complexity index is 554. The number of ether oxygens (including phenoxy) is 2. The van der Waals surface area contributed by atoms with Crippen LogP contribution in [0.15, 0.2) is 29.3 Å². The molecule has 1 aliphatic rings. The Morgan fingerprint density at radius 1 is 1.21 bits per heavy atom. The number of morpholine rings is 1. The molecule has 1 heterocycles. The van der Waals surface area contributed by atoms with E-state index in [1.165, 1.54) is 17.7 Å². The number of guanidine groups is 1. The Labute approximate surface area is 191 Å². The summed E-state index contributed by atoms with van der Waals surface area (Å²) in [6.07, 6.45) is 4.54. The van der Waals surface area contributed by atoms with Gasteiger partial charge in [-0.1, -0.05) is 12.1 Å². The van der Waals surface area contributed by atoms with Crippen LogP contribution in [0, 0.1) is 0 Å². The zero-order valence-electron chi connectivity index (χ0n) is 17.3. The second-order valence-electron chi connectivity index (χ2n) is 6.52. The van der Waals surface area contributed by atoms with E-state index in [4.69, 9.17) is 9.47 Å². The summed E-state index contributed by atoms with van der Waals surface area (Å²) in [4.78, 5) is 6.85. The molecule has 6 nitrogen and oxygen atoms in total. The molecule has 1 atom stereocenters. The molecule has 0 bridgehead atoms. The van der Waals surface area contributed by atoms with Crippen molar-refractivity contribution in [1.82, 2.24) is 15.5 Å². The lowest BCUT2D eigenvalue weighted by atomic mass is 10.0. The van der Waals surface area contributed by atoms with E-state index < -0.39 is 0 Å². The van der Waals surface area contributed by atoms with Crippen molar-refractivity contribution < 1.29 is 9.47 Å². The number of hydrogen-bond donors (Lipinski definition) is 2. The molecule has 1 saturated heterocycles. The third kappa shape index (κ3) is 8.75. The van der Waals surface area contributed by atoms with Crippen molar-refractivity contribution >= 4 is 41.7 Å². The molecule has 2 rings (SSSR count). The summed E-state index contributed by atoms with van der Waals surface area (Å²) < 4.78 is 10.8. The minimum atomic E-state index is 0. The van der Waals surface area contributed by atoms with Gasteiger partial charge in [-0.15, -0.1) is 24.0 Å². The molecule has 1 unspecified atom stereocenters. The third-order valence-electron chi connectivity index (χ3n) is 4.74. The standard InChI is InChI=1S/C20H34N4O2S.HI/c1-21-20(22-10-4-5-15-27-3)23-16-19(24-11-13-26-14-12-24)17-6-8-18(25-2)9-7-17;/h6-9,19H,4-5,10-16H2,1-3H3,(H2,21,22,23);1H. The lowest BCUT2D eigenvalue weighted by Gasteiger charge is -2.35. The van der Waals surface area contributed by atoms with Crippen molar-refractivity contribution in [2.24, 2.45) is 4.99 Å². The van der Waals surface area contributed by atoms with Gasteiger partial charge in [0.2, 0.25) is 0 Å². The molecule has 1 aromatic carbocycles. The van der Waals surface area contributed by atoms with Gasteiger partial charge < -0.3 is 20.1 Å². The first-order valence-corrected chi connectivity index (χ1v) is 11.1. The minimum Gasteiger partial charge on any atom is -0.497 e. The number of benzene rings is 1. The van der Waals surface area contributed by atoms with Crippen molar-refractivity contribution in [2.75, 3.05) is 65.6 Å². The number of aliphatic imine (C=N–C) groups is 1. The van der Waals surface area contributed by atoms with E-state index in [-0.39, 0.29) is 30.0 Å². The van der Waals surface area contributed by atoms with Crippen molar-refractivity contribution in [3.05, 3.63) is 29.8 Å². The predicted octanol–water partition coefficient (Wildman–Crippen LogP) is 2.99. The molecule has 160 valence electrons. The van der Waals surface area contributed by atoms with E-state index in [0.29, 0.717) is 0 Å². The van der Waals surface area contributed by atoms with Crippen LogP contribution in [0.25, 0.3) is 0 Å². The van der Waals surface area contributed by atoms with Crippen molar-refractivity contribution in [3.8, 4) is 5.75 Å². The highest BCUT2D eigenvalue weighted by atomic mass is 127. The normalized spacial score (nSPS) is 16.2. The number of thioether (sulfide) groups is 1. The lowest BCUT2D eigenvalue weighted by Crippen LogP contribution is -2.46. The largest absolute Gasteiger partial charge is 0.497 e. The SMILES string of the molecule is CN=C(NCCCCSC)NCC(c1ccc(OC)cc1)N1CCOCC1.I. The van der Waals surface area contributed by atoms with Gasteiger partial charge in [-0.05, 0) is 42.5 Å². The Kier molecular flexibility index (Phi) is 13.7. The van der Waals surface area contributed by atoms with Gasteiger partial charge in [-0.3, -0.25) is 9.89 Å². The Balaban J connectivity index is 0.00000392.